The van der Waals surface area contributed by atoms with Crippen LogP contribution in [-0.2, 0) is 6.54 Å². The van der Waals surface area contributed by atoms with Gasteiger partial charge in [0.2, 0.25) is 11.9 Å². The summed E-state index contributed by atoms with van der Waals surface area (Å²) >= 11 is 0. The van der Waals surface area contributed by atoms with Crippen LogP contribution in [0.4, 0.5) is 17.6 Å². The normalized spacial score (nSPS) is 13.9. The number of fused-ring (bicyclic) bond motifs is 2. The van der Waals surface area contributed by atoms with Crippen LogP contribution in [0.25, 0.3) is 27.7 Å². The molecule has 0 aliphatic carbocycles. The molecule has 39 heavy (non-hydrogen) atoms. The predicted octanol–water partition coefficient (Wildman–Crippen LogP) is 5.97. The molecule has 5 aromatic rings. The third-order valence-electron chi connectivity index (χ3n) is 7.31. The Morgan fingerprint density at radius 2 is 1.87 bits per heavy atom. The first-order valence-electron chi connectivity index (χ1n) is 13.4. The molecule has 0 bridgehead atoms. The molecule has 0 unspecified atom stereocenters. The Hall–Kier alpha value is -4.60. The van der Waals surface area contributed by atoms with Crippen molar-refractivity contribution in [2.45, 2.75) is 45.6 Å². The van der Waals surface area contributed by atoms with Crippen molar-refractivity contribution >= 4 is 34.0 Å². The number of piperidine rings is 1. The van der Waals surface area contributed by atoms with Crippen LogP contribution < -0.4 is 10.2 Å². The van der Waals surface area contributed by atoms with Crippen molar-refractivity contribution in [2.24, 2.45) is 0 Å². The number of nitrogens with one attached hydrogen (secondary N) is 1. The zero-order valence-corrected chi connectivity index (χ0v) is 22.0. The first kappa shape index (κ1) is 24.7. The lowest BCUT2D eigenvalue weighted by Crippen LogP contribution is -2.31. The number of nitro groups is 1. The third kappa shape index (κ3) is 4.73. The van der Waals surface area contributed by atoms with E-state index in [4.69, 9.17) is 9.97 Å². The fourth-order valence-electron chi connectivity index (χ4n) is 5.21. The van der Waals surface area contributed by atoms with Gasteiger partial charge in [0, 0.05) is 54.5 Å². The molecule has 1 fully saturated rings. The lowest BCUT2D eigenvalue weighted by Gasteiger charge is -2.27. The van der Waals surface area contributed by atoms with E-state index in [0.717, 1.165) is 70.7 Å². The smallest absolute Gasteiger partial charge is 0.270 e. The summed E-state index contributed by atoms with van der Waals surface area (Å²) < 4.78 is 1.79. The van der Waals surface area contributed by atoms with E-state index in [1.54, 1.807) is 28.9 Å². The number of nitro benzene ring substituents is 1. The van der Waals surface area contributed by atoms with Crippen molar-refractivity contribution in [3.05, 3.63) is 82.2 Å². The van der Waals surface area contributed by atoms with Crippen LogP contribution in [0.2, 0.25) is 0 Å². The Kier molecular flexibility index (Phi) is 6.52. The molecule has 6 rings (SSSR count). The molecule has 0 radical (unpaired) electrons. The highest BCUT2D eigenvalue weighted by atomic mass is 16.6. The molecule has 1 N–H and O–H groups in total. The van der Waals surface area contributed by atoms with Crippen LogP contribution in [0.1, 0.15) is 50.2 Å². The van der Waals surface area contributed by atoms with Gasteiger partial charge in [0.25, 0.3) is 5.69 Å². The highest BCUT2D eigenvalue weighted by Gasteiger charge is 2.20. The van der Waals surface area contributed by atoms with E-state index in [0.29, 0.717) is 12.5 Å². The Morgan fingerprint density at radius 1 is 1.05 bits per heavy atom. The molecular formula is C29H30N8O2. The fraction of sp³-hybridized carbons (Fsp3) is 0.310. The van der Waals surface area contributed by atoms with E-state index in [9.17, 15) is 10.1 Å². The van der Waals surface area contributed by atoms with Gasteiger partial charge < -0.3 is 10.2 Å². The number of rotatable bonds is 7. The van der Waals surface area contributed by atoms with Crippen LogP contribution in [0, 0.1) is 10.1 Å². The van der Waals surface area contributed by atoms with E-state index < -0.39 is 0 Å². The molecule has 10 heteroatoms. The van der Waals surface area contributed by atoms with Crippen LogP contribution in [0.5, 0.6) is 0 Å². The average Bonchev–Trinajstić information content (AvgIpc) is 3.40. The van der Waals surface area contributed by atoms with Crippen molar-refractivity contribution in [1.82, 2.24) is 24.6 Å². The molecule has 4 heterocycles. The Morgan fingerprint density at radius 3 is 2.67 bits per heavy atom. The first-order chi connectivity index (χ1) is 19.0. The molecule has 0 amide bonds. The predicted molar refractivity (Wildman–Crippen MR) is 152 cm³/mol. The van der Waals surface area contributed by atoms with Gasteiger partial charge >= 0.3 is 0 Å². The minimum atomic E-state index is -0.377. The van der Waals surface area contributed by atoms with Crippen LogP contribution in [-0.4, -0.2) is 42.6 Å². The number of benzene rings is 2. The molecule has 0 atom stereocenters. The summed E-state index contributed by atoms with van der Waals surface area (Å²) in [5.74, 6) is 1.66. The molecule has 0 saturated carbocycles. The second-order valence-electron chi connectivity index (χ2n) is 10.2. The van der Waals surface area contributed by atoms with Crippen molar-refractivity contribution in [3.8, 4) is 11.3 Å². The molecule has 1 aliphatic rings. The number of hydrogen-bond donors (Lipinski definition) is 1. The van der Waals surface area contributed by atoms with Gasteiger partial charge in [0.1, 0.15) is 0 Å². The number of hydrogen-bond acceptors (Lipinski definition) is 8. The van der Waals surface area contributed by atoms with Gasteiger partial charge in [-0.05, 0) is 48.3 Å². The Bertz CT molecular complexity index is 1670. The number of pyridine rings is 1. The van der Waals surface area contributed by atoms with Crippen molar-refractivity contribution in [3.63, 3.8) is 0 Å². The highest BCUT2D eigenvalue weighted by molar-refractivity contribution is 5.96. The maximum Gasteiger partial charge on any atom is 0.270 e. The maximum atomic E-state index is 11.3. The first-order valence-corrected chi connectivity index (χ1v) is 13.4. The zero-order chi connectivity index (χ0) is 26.9. The number of non-ortho nitro benzene ring substituents is 1. The van der Waals surface area contributed by atoms with E-state index in [2.05, 4.69) is 40.2 Å². The number of aromatic nitrogens is 5. The minimum absolute atomic E-state index is 0.0619. The number of nitrogens with zero attached hydrogens (tertiary/aromatic N) is 7. The Labute approximate surface area is 225 Å². The zero-order valence-electron chi connectivity index (χ0n) is 22.0. The van der Waals surface area contributed by atoms with E-state index in [1.807, 2.05) is 24.4 Å². The summed E-state index contributed by atoms with van der Waals surface area (Å²) in [5, 5.41) is 21.1. The fourth-order valence-corrected chi connectivity index (χ4v) is 5.21. The quantitative estimate of drug-likeness (QED) is 0.205. The van der Waals surface area contributed by atoms with Gasteiger partial charge in [-0.3, -0.25) is 15.1 Å². The largest absolute Gasteiger partial charge is 0.350 e. The molecule has 0 spiro atoms. The van der Waals surface area contributed by atoms with E-state index >= 15 is 0 Å². The lowest BCUT2D eigenvalue weighted by molar-refractivity contribution is -0.384. The van der Waals surface area contributed by atoms with Crippen molar-refractivity contribution in [1.29, 1.82) is 0 Å². The van der Waals surface area contributed by atoms with Crippen LogP contribution in [0.3, 0.4) is 0 Å². The molecule has 1 saturated heterocycles. The second-order valence-corrected chi connectivity index (χ2v) is 10.2. The highest BCUT2D eigenvalue weighted by Crippen LogP contribution is 2.32. The monoisotopic (exact) mass is 522 g/mol. The summed E-state index contributed by atoms with van der Waals surface area (Å²) in [6.07, 6.45) is 7.10. The average molecular weight is 523 g/mol. The molecular weight excluding hydrogens is 492 g/mol. The van der Waals surface area contributed by atoms with Crippen LogP contribution in [0.15, 0.2) is 60.9 Å². The second kappa shape index (κ2) is 10.3. The summed E-state index contributed by atoms with van der Waals surface area (Å²) in [6.45, 7) is 6.69. The summed E-state index contributed by atoms with van der Waals surface area (Å²) in [7, 11) is 0. The van der Waals surface area contributed by atoms with Gasteiger partial charge in [-0.1, -0.05) is 38.1 Å². The third-order valence-corrected chi connectivity index (χ3v) is 7.31. The van der Waals surface area contributed by atoms with Gasteiger partial charge in [0.15, 0.2) is 5.65 Å². The summed E-state index contributed by atoms with van der Waals surface area (Å²) in [5.41, 5.74) is 4.74. The van der Waals surface area contributed by atoms with E-state index in [-0.39, 0.29) is 16.5 Å². The molecule has 198 valence electrons. The van der Waals surface area contributed by atoms with E-state index in [1.165, 1.54) is 12.5 Å². The molecule has 2 aromatic carbocycles. The maximum absolute atomic E-state index is 11.3. The lowest BCUT2D eigenvalue weighted by atomic mass is 9.99. The van der Waals surface area contributed by atoms with Gasteiger partial charge in [-0.2, -0.15) is 19.6 Å². The SMILES string of the molecule is CC(C)c1cnn2c(NCc3ccccc3-c3nccc4cc([N+](=O)[O-])ccc34)nc(N3CCCCC3)nc12. The van der Waals surface area contributed by atoms with Gasteiger partial charge in [-0.15, -0.1) is 0 Å². The van der Waals surface area contributed by atoms with Crippen LogP contribution >= 0.6 is 0 Å². The van der Waals surface area contributed by atoms with Gasteiger partial charge in [0.05, 0.1) is 16.8 Å². The summed E-state index contributed by atoms with van der Waals surface area (Å²) in [6, 6.07) is 14.7. The summed E-state index contributed by atoms with van der Waals surface area (Å²) in [4.78, 5) is 27.7. The standard InChI is InChI=1S/C29H30N8O2/c1-19(2)25-18-32-36-27(25)33-29(35-14-6-3-7-15-35)34-28(36)31-17-21-8-4-5-9-23(21)26-24-11-10-22(37(38)39)16-20(24)12-13-30-26/h4-5,8-13,16,18-19H,3,6-7,14-15,17H2,1-2H3,(H,31,33,34). The Balaban J connectivity index is 1.38. The molecule has 3 aromatic heterocycles. The minimum Gasteiger partial charge on any atom is -0.350 e. The number of anilines is 2. The topological polar surface area (TPSA) is 114 Å². The molecule has 10 nitrogen and oxygen atoms in total. The molecule has 1 aliphatic heterocycles. The van der Waals surface area contributed by atoms with Gasteiger partial charge in [-0.25, -0.2) is 0 Å². The van der Waals surface area contributed by atoms with Crippen molar-refractivity contribution in [2.75, 3.05) is 23.3 Å². The van der Waals surface area contributed by atoms with Crippen molar-refractivity contribution < 1.29 is 4.92 Å².